The number of esters is 3. The van der Waals surface area contributed by atoms with Gasteiger partial charge in [0, 0.05) is 19.3 Å². The minimum absolute atomic E-state index is 0.0874. The van der Waals surface area contributed by atoms with Crippen LogP contribution in [0.2, 0.25) is 0 Å². The molecule has 1 atom stereocenters. The first-order valence-electron chi connectivity index (χ1n) is 26.8. The molecule has 0 aliphatic heterocycles. The molecule has 0 unspecified atom stereocenters. The highest BCUT2D eigenvalue weighted by Crippen LogP contribution is 2.14. The van der Waals surface area contributed by atoms with E-state index in [2.05, 4.69) is 81.5 Å². The maximum Gasteiger partial charge on any atom is 0.306 e. The zero-order valence-corrected chi connectivity index (χ0v) is 41.6. The summed E-state index contributed by atoms with van der Waals surface area (Å²) in [6.45, 7) is 6.55. The lowest BCUT2D eigenvalue weighted by molar-refractivity contribution is -0.167. The van der Waals surface area contributed by atoms with E-state index in [0.29, 0.717) is 19.3 Å². The van der Waals surface area contributed by atoms with Crippen molar-refractivity contribution in [3.05, 3.63) is 60.8 Å². The highest BCUT2D eigenvalue weighted by atomic mass is 16.6. The van der Waals surface area contributed by atoms with Gasteiger partial charge in [-0.05, 0) is 103 Å². The third-order valence-electron chi connectivity index (χ3n) is 11.5. The number of carbonyl (C=O) groups is 3. The lowest BCUT2D eigenvalue weighted by Gasteiger charge is -2.18. The van der Waals surface area contributed by atoms with Crippen LogP contribution in [0.4, 0.5) is 0 Å². The second-order valence-electron chi connectivity index (χ2n) is 17.8. The average Bonchev–Trinajstić information content (AvgIpc) is 3.28. The summed E-state index contributed by atoms with van der Waals surface area (Å²) in [5.74, 6) is -0.918. The molecule has 0 aliphatic rings. The molecular weight excluding hydrogens is 781 g/mol. The number of allylic oxidation sites excluding steroid dienone is 10. The topological polar surface area (TPSA) is 78.9 Å². The van der Waals surface area contributed by atoms with Crippen LogP contribution in [0.5, 0.6) is 0 Å². The normalized spacial score (nSPS) is 12.5. The zero-order chi connectivity index (χ0) is 45.8. The van der Waals surface area contributed by atoms with Crippen LogP contribution in [0.3, 0.4) is 0 Å². The van der Waals surface area contributed by atoms with Crippen molar-refractivity contribution in [3.8, 4) is 0 Å². The molecule has 0 rings (SSSR count). The minimum Gasteiger partial charge on any atom is -0.462 e. The SMILES string of the molecule is CCCC/C=C\CCCCCCCC(=O)OC[C@H](COC(=O)CCCCCC/C=C\C/C=C\C/C=C\CCCCC)OC(=O)CCCCCCCCC/C=C\CCCCCCCC. The van der Waals surface area contributed by atoms with Gasteiger partial charge in [-0.1, -0.05) is 204 Å². The summed E-state index contributed by atoms with van der Waals surface area (Å²) >= 11 is 0. The molecule has 0 aromatic carbocycles. The first kappa shape index (κ1) is 60.1. The Hall–Kier alpha value is -2.89. The minimum atomic E-state index is -0.788. The maximum absolute atomic E-state index is 12.8. The van der Waals surface area contributed by atoms with Gasteiger partial charge < -0.3 is 14.2 Å². The number of carbonyl (C=O) groups excluding carboxylic acids is 3. The number of rotatable bonds is 48. The molecule has 0 aliphatic carbocycles. The molecule has 0 aromatic heterocycles. The second kappa shape index (κ2) is 51.7. The van der Waals surface area contributed by atoms with Crippen LogP contribution in [0.25, 0.3) is 0 Å². The number of ether oxygens (including phenoxy) is 3. The van der Waals surface area contributed by atoms with Crippen LogP contribution in [0.1, 0.15) is 265 Å². The molecule has 0 bridgehead atoms. The van der Waals surface area contributed by atoms with Gasteiger partial charge in [0.25, 0.3) is 0 Å². The molecule has 0 spiro atoms. The van der Waals surface area contributed by atoms with Gasteiger partial charge in [-0.25, -0.2) is 0 Å². The maximum atomic E-state index is 12.8. The lowest BCUT2D eigenvalue weighted by atomic mass is 10.1. The van der Waals surface area contributed by atoms with Crippen LogP contribution < -0.4 is 0 Å². The van der Waals surface area contributed by atoms with Gasteiger partial charge in [0.2, 0.25) is 0 Å². The van der Waals surface area contributed by atoms with Crippen molar-refractivity contribution < 1.29 is 28.6 Å². The van der Waals surface area contributed by atoms with Crippen LogP contribution in [-0.4, -0.2) is 37.2 Å². The molecule has 0 fully saturated rings. The molecule has 0 aromatic rings. The second-order valence-corrected chi connectivity index (χ2v) is 17.8. The van der Waals surface area contributed by atoms with Crippen molar-refractivity contribution >= 4 is 17.9 Å². The van der Waals surface area contributed by atoms with E-state index >= 15 is 0 Å². The van der Waals surface area contributed by atoms with E-state index in [0.717, 1.165) is 89.9 Å². The molecule has 0 saturated heterocycles. The Balaban J connectivity index is 4.40. The predicted molar refractivity (Wildman–Crippen MR) is 270 cm³/mol. The third-order valence-corrected chi connectivity index (χ3v) is 11.5. The highest BCUT2D eigenvalue weighted by molar-refractivity contribution is 5.71. The van der Waals surface area contributed by atoms with Crippen LogP contribution in [-0.2, 0) is 28.6 Å². The fraction of sp³-hybridized carbons (Fsp3) is 0.772. The van der Waals surface area contributed by atoms with E-state index in [9.17, 15) is 14.4 Å². The quantitative estimate of drug-likeness (QED) is 0.0262. The zero-order valence-electron chi connectivity index (χ0n) is 41.6. The summed E-state index contributed by atoms with van der Waals surface area (Å²) in [5.41, 5.74) is 0. The molecule has 0 amide bonds. The Morgan fingerprint density at radius 3 is 0.984 bits per heavy atom. The number of hydrogen-bond acceptors (Lipinski definition) is 6. The Morgan fingerprint density at radius 1 is 0.317 bits per heavy atom. The third kappa shape index (κ3) is 50.0. The Morgan fingerprint density at radius 2 is 0.587 bits per heavy atom. The van der Waals surface area contributed by atoms with Gasteiger partial charge in [0.05, 0.1) is 0 Å². The van der Waals surface area contributed by atoms with E-state index in [4.69, 9.17) is 14.2 Å². The molecule has 0 heterocycles. The van der Waals surface area contributed by atoms with Crippen molar-refractivity contribution in [1.82, 2.24) is 0 Å². The van der Waals surface area contributed by atoms with Gasteiger partial charge >= 0.3 is 17.9 Å². The molecule has 6 nitrogen and oxygen atoms in total. The van der Waals surface area contributed by atoms with Gasteiger partial charge in [-0.3, -0.25) is 14.4 Å². The van der Waals surface area contributed by atoms with Crippen molar-refractivity contribution in [2.45, 2.75) is 271 Å². The van der Waals surface area contributed by atoms with Crippen molar-refractivity contribution in [3.63, 3.8) is 0 Å². The summed E-state index contributed by atoms with van der Waals surface area (Å²) < 4.78 is 16.8. The fourth-order valence-corrected chi connectivity index (χ4v) is 7.37. The molecule has 63 heavy (non-hydrogen) atoms. The monoisotopic (exact) mass is 881 g/mol. The van der Waals surface area contributed by atoms with Gasteiger partial charge in [0.1, 0.15) is 13.2 Å². The summed E-state index contributed by atoms with van der Waals surface area (Å²) in [6, 6.07) is 0. The molecule has 364 valence electrons. The Kier molecular flexibility index (Phi) is 49.4. The van der Waals surface area contributed by atoms with Gasteiger partial charge in [0.15, 0.2) is 6.10 Å². The lowest BCUT2D eigenvalue weighted by Crippen LogP contribution is -2.30. The van der Waals surface area contributed by atoms with E-state index < -0.39 is 6.10 Å². The Labute approximate surface area is 390 Å². The number of unbranched alkanes of at least 4 members (excludes halogenated alkanes) is 27. The first-order chi connectivity index (χ1) is 31.0. The van der Waals surface area contributed by atoms with E-state index in [-0.39, 0.29) is 31.1 Å². The number of hydrogen-bond donors (Lipinski definition) is 0. The Bertz CT molecular complexity index is 1150. The van der Waals surface area contributed by atoms with Gasteiger partial charge in [-0.2, -0.15) is 0 Å². The molecule has 6 heteroatoms. The standard InChI is InChI=1S/C57H100O6/c1-4-7-10-13-16-19-22-24-26-28-30-32-35-38-41-44-47-50-56(59)62-53-54(52-61-55(58)49-46-43-40-37-34-21-18-15-12-9-6-3)63-57(60)51-48-45-42-39-36-33-31-29-27-25-23-20-17-14-11-8-5-2/h15-16,18-19,24-27,30,32,54H,4-14,17,20-23,28-29,31,33-53H2,1-3H3/b18-15-,19-16-,26-24-,27-25-,32-30-/t54-/m1/s1. The van der Waals surface area contributed by atoms with Gasteiger partial charge in [-0.15, -0.1) is 0 Å². The van der Waals surface area contributed by atoms with E-state index in [1.54, 1.807) is 0 Å². The summed E-state index contributed by atoms with van der Waals surface area (Å²) in [6.07, 6.45) is 63.4. The van der Waals surface area contributed by atoms with E-state index in [1.165, 1.54) is 135 Å². The van der Waals surface area contributed by atoms with Crippen molar-refractivity contribution in [1.29, 1.82) is 0 Å². The van der Waals surface area contributed by atoms with Crippen LogP contribution >= 0.6 is 0 Å². The first-order valence-corrected chi connectivity index (χ1v) is 26.8. The highest BCUT2D eigenvalue weighted by Gasteiger charge is 2.19. The molecule has 0 N–H and O–H groups in total. The molecule has 0 saturated carbocycles. The molecule has 0 radical (unpaired) electrons. The molecular formula is C57H100O6. The van der Waals surface area contributed by atoms with Crippen LogP contribution in [0, 0.1) is 0 Å². The van der Waals surface area contributed by atoms with Crippen molar-refractivity contribution in [2.75, 3.05) is 13.2 Å². The summed E-state index contributed by atoms with van der Waals surface area (Å²) in [7, 11) is 0. The van der Waals surface area contributed by atoms with Crippen molar-refractivity contribution in [2.24, 2.45) is 0 Å². The fourth-order valence-electron chi connectivity index (χ4n) is 7.37. The predicted octanol–water partition coefficient (Wildman–Crippen LogP) is 17.6. The van der Waals surface area contributed by atoms with Crippen LogP contribution in [0.15, 0.2) is 60.8 Å². The largest absolute Gasteiger partial charge is 0.462 e. The van der Waals surface area contributed by atoms with E-state index in [1.807, 2.05) is 0 Å². The smallest absolute Gasteiger partial charge is 0.306 e. The summed E-state index contributed by atoms with van der Waals surface area (Å²) in [5, 5.41) is 0. The average molecular weight is 881 g/mol. The summed E-state index contributed by atoms with van der Waals surface area (Å²) in [4.78, 5) is 38.0.